The topological polar surface area (TPSA) is 60.7 Å². The standard InChI is InChI=1S/C2H8O3P2S2/c1-6(3,8)2-7(4,5)9/h2H2,1H3,(H,3,8)(H2,4,5,9). The van der Waals surface area contributed by atoms with E-state index in [0.717, 1.165) is 0 Å². The molecule has 0 aliphatic heterocycles. The maximum Gasteiger partial charge on any atom is 0.190 e. The van der Waals surface area contributed by atoms with Crippen LogP contribution in [0.15, 0.2) is 0 Å². The Bertz CT molecular complexity index is 158. The van der Waals surface area contributed by atoms with Crippen LogP contribution in [0, 0.1) is 0 Å². The maximum absolute atomic E-state index is 8.92. The highest BCUT2D eigenvalue weighted by Gasteiger charge is 2.16. The van der Waals surface area contributed by atoms with Crippen LogP contribution < -0.4 is 0 Å². The van der Waals surface area contributed by atoms with Crippen LogP contribution in [0.5, 0.6) is 0 Å². The summed E-state index contributed by atoms with van der Waals surface area (Å²) in [4.78, 5) is 26.2. The summed E-state index contributed by atoms with van der Waals surface area (Å²) >= 11 is 8.80. The molecule has 3 N–H and O–H groups in total. The van der Waals surface area contributed by atoms with Gasteiger partial charge in [-0.15, -0.1) is 0 Å². The summed E-state index contributed by atoms with van der Waals surface area (Å²) in [6.45, 7) is -1.85. The van der Waals surface area contributed by atoms with Gasteiger partial charge in [0, 0.05) is 0 Å². The van der Waals surface area contributed by atoms with Gasteiger partial charge in [0.25, 0.3) is 0 Å². The predicted molar refractivity (Wildman–Crippen MR) is 46.0 cm³/mol. The molecule has 7 heteroatoms. The van der Waals surface area contributed by atoms with Crippen LogP contribution in [0.1, 0.15) is 0 Å². The Balaban J connectivity index is 4.07. The fourth-order valence-corrected chi connectivity index (χ4v) is 7.21. The fourth-order valence-electron chi connectivity index (χ4n) is 0.342. The third-order valence-electron chi connectivity index (χ3n) is 0.447. The van der Waals surface area contributed by atoms with Crippen molar-refractivity contribution in [1.29, 1.82) is 0 Å². The third-order valence-corrected chi connectivity index (χ3v) is 6.10. The molecule has 1 atom stereocenters. The average molecular weight is 206 g/mol. The molecule has 1 unspecified atom stereocenters. The minimum atomic E-state index is -3.26. The molecule has 0 rings (SSSR count). The SMILES string of the molecule is CP(O)(=S)CP(O)(O)=S. The maximum atomic E-state index is 8.92. The molecule has 0 amide bonds. The van der Waals surface area contributed by atoms with E-state index in [1.807, 2.05) is 0 Å². The van der Waals surface area contributed by atoms with Gasteiger partial charge < -0.3 is 14.7 Å². The molecule has 0 bridgehead atoms. The second-order valence-corrected chi connectivity index (χ2v) is 10.5. The van der Waals surface area contributed by atoms with Gasteiger partial charge in [-0.2, -0.15) is 0 Å². The zero-order chi connectivity index (χ0) is 7.71. The van der Waals surface area contributed by atoms with E-state index >= 15 is 0 Å². The summed E-state index contributed by atoms with van der Waals surface area (Å²) in [5, 5.41) is 0. The van der Waals surface area contributed by atoms with Crippen molar-refractivity contribution in [2.45, 2.75) is 0 Å². The highest BCUT2D eigenvalue weighted by molar-refractivity contribution is 8.19. The first kappa shape index (κ1) is 10.2. The Labute approximate surface area is 64.0 Å². The summed E-state index contributed by atoms with van der Waals surface area (Å²) in [5.74, 6) is -0.190. The lowest BCUT2D eigenvalue weighted by Crippen LogP contribution is -1.86. The van der Waals surface area contributed by atoms with Crippen LogP contribution in [0.3, 0.4) is 0 Å². The Morgan fingerprint density at radius 3 is 1.56 bits per heavy atom. The van der Waals surface area contributed by atoms with Crippen molar-refractivity contribution >= 4 is 36.4 Å². The van der Waals surface area contributed by atoms with Gasteiger partial charge in [-0.1, -0.05) is 11.8 Å². The van der Waals surface area contributed by atoms with Crippen molar-refractivity contribution in [2.24, 2.45) is 0 Å². The van der Waals surface area contributed by atoms with Crippen molar-refractivity contribution in [3.05, 3.63) is 0 Å². The number of rotatable bonds is 2. The number of hydrogen-bond donors (Lipinski definition) is 3. The first-order valence-electron chi connectivity index (χ1n) is 2.04. The summed E-state index contributed by atoms with van der Waals surface area (Å²) in [6, 6.07) is 0. The molecule has 0 spiro atoms. The summed E-state index contributed by atoms with van der Waals surface area (Å²) in [5.41, 5.74) is 0. The molecular weight excluding hydrogens is 198 g/mol. The molecule has 0 aromatic rings. The van der Waals surface area contributed by atoms with E-state index in [2.05, 4.69) is 23.6 Å². The van der Waals surface area contributed by atoms with Crippen LogP contribution in [-0.4, -0.2) is 27.2 Å². The molecule has 0 saturated heterocycles. The molecule has 9 heavy (non-hydrogen) atoms. The van der Waals surface area contributed by atoms with Crippen LogP contribution in [-0.2, 0) is 23.6 Å². The molecule has 0 radical (unpaired) electrons. The van der Waals surface area contributed by atoms with Gasteiger partial charge in [0.15, 0.2) is 6.49 Å². The minimum absolute atomic E-state index is 0.190. The Morgan fingerprint density at radius 1 is 1.22 bits per heavy atom. The number of hydrogen-bond acceptors (Lipinski definition) is 2. The second-order valence-electron chi connectivity index (χ2n) is 1.86. The predicted octanol–water partition coefficient (Wildman–Crippen LogP) is 0.255. The second kappa shape index (κ2) is 3.05. The van der Waals surface area contributed by atoms with E-state index in [0.29, 0.717) is 0 Å². The van der Waals surface area contributed by atoms with Gasteiger partial charge in [-0.25, -0.2) is 0 Å². The van der Waals surface area contributed by atoms with Crippen LogP contribution >= 0.6 is 12.8 Å². The van der Waals surface area contributed by atoms with E-state index < -0.39 is 12.8 Å². The highest BCUT2D eigenvalue weighted by atomic mass is 32.5. The zero-order valence-corrected chi connectivity index (χ0v) is 8.18. The molecule has 0 aromatic carbocycles. The van der Waals surface area contributed by atoms with Crippen molar-refractivity contribution in [2.75, 3.05) is 12.6 Å². The molecule has 0 saturated carbocycles. The zero-order valence-electron chi connectivity index (χ0n) is 4.76. The van der Waals surface area contributed by atoms with Crippen molar-refractivity contribution in [3.63, 3.8) is 0 Å². The van der Waals surface area contributed by atoms with Gasteiger partial charge in [-0.05, 0) is 18.5 Å². The molecule has 0 aromatic heterocycles. The largest absolute Gasteiger partial charge is 0.365 e. The van der Waals surface area contributed by atoms with Gasteiger partial charge in [0.1, 0.15) is 0 Å². The highest BCUT2D eigenvalue weighted by Crippen LogP contribution is 2.52. The Morgan fingerprint density at radius 2 is 1.56 bits per heavy atom. The third kappa shape index (κ3) is 9.18. The molecule has 0 aliphatic carbocycles. The lowest BCUT2D eigenvalue weighted by molar-refractivity contribution is 0.483. The lowest BCUT2D eigenvalue weighted by atomic mass is 11.9. The normalized spacial score (nSPS) is 19.1. The van der Waals surface area contributed by atoms with Crippen molar-refractivity contribution in [1.82, 2.24) is 0 Å². The Hall–Kier alpha value is 1.18. The molecule has 3 nitrogen and oxygen atoms in total. The van der Waals surface area contributed by atoms with Gasteiger partial charge >= 0.3 is 0 Å². The summed E-state index contributed by atoms with van der Waals surface area (Å²) < 4.78 is 0. The smallest absolute Gasteiger partial charge is 0.190 e. The van der Waals surface area contributed by atoms with Gasteiger partial charge in [-0.3, -0.25) is 0 Å². The Kier molecular flexibility index (Phi) is 3.46. The first-order valence-corrected chi connectivity index (χ1v) is 8.33. The van der Waals surface area contributed by atoms with Crippen LogP contribution in [0.25, 0.3) is 0 Å². The molecule has 0 fully saturated rings. The van der Waals surface area contributed by atoms with Crippen molar-refractivity contribution < 1.29 is 14.7 Å². The molecule has 0 heterocycles. The molecule has 0 aliphatic rings. The van der Waals surface area contributed by atoms with Crippen LogP contribution in [0.4, 0.5) is 0 Å². The minimum Gasteiger partial charge on any atom is -0.365 e. The molecule has 56 valence electrons. The summed E-state index contributed by atoms with van der Waals surface area (Å²) in [7, 11) is 0. The van der Waals surface area contributed by atoms with E-state index in [9.17, 15) is 0 Å². The van der Waals surface area contributed by atoms with E-state index in [-0.39, 0.29) is 5.90 Å². The van der Waals surface area contributed by atoms with Crippen molar-refractivity contribution in [3.8, 4) is 0 Å². The fraction of sp³-hybridized carbons (Fsp3) is 1.00. The molecular formula is C2H8O3P2S2. The van der Waals surface area contributed by atoms with Gasteiger partial charge in [0.05, 0.1) is 12.2 Å². The van der Waals surface area contributed by atoms with Crippen LogP contribution in [0.2, 0.25) is 0 Å². The first-order chi connectivity index (χ1) is 3.71. The van der Waals surface area contributed by atoms with E-state index in [1.54, 1.807) is 0 Å². The lowest BCUT2D eigenvalue weighted by Gasteiger charge is -2.11. The quantitative estimate of drug-likeness (QED) is 0.565. The van der Waals surface area contributed by atoms with Gasteiger partial charge in [0.2, 0.25) is 0 Å². The van der Waals surface area contributed by atoms with E-state index in [1.165, 1.54) is 6.66 Å². The summed E-state index contributed by atoms with van der Waals surface area (Å²) in [6.07, 6.45) is -2.51. The van der Waals surface area contributed by atoms with E-state index in [4.69, 9.17) is 14.7 Å². The monoisotopic (exact) mass is 206 g/mol. The average Bonchev–Trinajstić information content (AvgIpc) is 1.14.